The second-order valence-corrected chi connectivity index (χ2v) is 8.09. The summed E-state index contributed by atoms with van der Waals surface area (Å²) < 4.78 is 41.8. The molecule has 2 aliphatic rings. The number of ketones is 1. The summed E-state index contributed by atoms with van der Waals surface area (Å²) in [4.78, 5) is 64.9. The number of nitrogens with two attached hydrogens (primary N) is 1. The zero-order chi connectivity index (χ0) is 26.9. The van der Waals surface area contributed by atoms with E-state index in [1.807, 2.05) is 0 Å². The highest BCUT2D eigenvalue weighted by Gasteiger charge is 2.46. The highest BCUT2D eigenvalue weighted by atomic mass is 19.4. The summed E-state index contributed by atoms with van der Waals surface area (Å²) >= 11 is 0. The molecule has 4 N–H and O–H groups in total. The van der Waals surface area contributed by atoms with Crippen LogP contribution in [0.25, 0.3) is 0 Å². The van der Waals surface area contributed by atoms with E-state index in [9.17, 15) is 37.1 Å². The van der Waals surface area contributed by atoms with Gasteiger partial charge in [0.05, 0.1) is 11.1 Å². The number of ether oxygens (including phenoxy) is 1. The highest BCUT2D eigenvalue weighted by molar-refractivity contribution is 6.24. The molecule has 0 bridgehead atoms. The first-order valence-electron chi connectivity index (χ1n) is 11.1. The monoisotopic (exact) mass is 517 g/mol. The molecular formula is C22H26F3N3O8. The second-order valence-electron chi connectivity index (χ2n) is 8.09. The summed E-state index contributed by atoms with van der Waals surface area (Å²) in [5, 5.41) is 8.96. The van der Waals surface area contributed by atoms with E-state index in [0.717, 1.165) is 4.90 Å². The Labute approximate surface area is 203 Å². The van der Waals surface area contributed by atoms with Crippen molar-refractivity contribution in [2.24, 2.45) is 5.90 Å². The van der Waals surface area contributed by atoms with Crippen LogP contribution < -0.4 is 16.0 Å². The predicted octanol–water partition coefficient (Wildman–Crippen LogP) is 2.29. The minimum Gasteiger partial charge on any atom is -0.485 e. The normalized spacial score (nSPS) is 17.4. The van der Waals surface area contributed by atoms with E-state index in [1.54, 1.807) is 0 Å². The fraction of sp³-hybridized carbons (Fsp3) is 0.500. The van der Waals surface area contributed by atoms with Crippen molar-refractivity contribution in [1.82, 2.24) is 10.2 Å². The van der Waals surface area contributed by atoms with Crippen molar-refractivity contribution in [3.63, 3.8) is 0 Å². The molecule has 4 amide bonds. The molecule has 1 atom stereocenters. The van der Waals surface area contributed by atoms with Crippen LogP contribution in [0.1, 0.15) is 72.1 Å². The molecule has 2 heterocycles. The number of amides is 4. The molecule has 14 heteroatoms. The highest BCUT2D eigenvalue weighted by Crippen LogP contribution is 2.33. The van der Waals surface area contributed by atoms with Crippen molar-refractivity contribution in [2.75, 3.05) is 6.61 Å². The minimum absolute atomic E-state index is 0.00211. The van der Waals surface area contributed by atoms with Gasteiger partial charge in [-0.2, -0.15) is 19.1 Å². The molecule has 1 aromatic carbocycles. The van der Waals surface area contributed by atoms with Crippen LogP contribution in [0.15, 0.2) is 18.2 Å². The number of alkyl halides is 3. The summed E-state index contributed by atoms with van der Waals surface area (Å²) in [7, 11) is 0. The van der Waals surface area contributed by atoms with Crippen LogP contribution in [-0.2, 0) is 19.4 Å². The Morgan fingerprint density at radius 3 is 2.42 bits per heavy atom. The van der Waals surface area contributed by atoms with E-state index in [4.69, 9.17) is 9.99 Å². The Morgan fingerprint density at radius 2 is 1.78 bits per heavy atom. The lowest BCUT2D eigenvalue weighted by Crippen LogP contribution is -2.54. The van der Waals surface area contributed by atoms with Crippen molar-refractivity contribution >= 4 is 29.4 Å². The lowest BCUT2D eigenvalue weighted by Gasteiger charge is -2.27. The third kappa shape index (κ3) is 7.83. The summed E-state index contributed by atoms with van der Waals surface area (Å²) in [6.07, 6.45) is -3.58. The largest absolute Gasteiger partial charge is 0.485 e. The molecule has 1 unspecified atom stereocenters. The Kier molecular flexibility index (Phi) is 10.5. The topological polar surface area (TPSA) is 165 Å². The number of hydrogen-bond acceptors (Lipinski definition) is 9. The van der Waals surface area contributed by atoms with Gasteiger partial charge in [0.25, 0.3) is 11.8 Å². The first kappa shape index (κ1) is 28.9. The van der Waals surface area contributed by atoms with E-state index < -0.39 is 42.3 Å². The molecular weight excluding hydrogens is 491 g/mol. The van der Waals surface area contributed by atoms with Gasteiger partial charge >= 0.3 is 6.18 Å². The number of fused-ring (bicyclic) bond motifs is 1. The van der Waals surface area contributed by atoms with Crippen molar-refractivity contribution in [3.8, 4) is 5.75 Å². The third-order valence-corrected chi connectivity index (χ3v) is 5.48. The number of unbranched alkanes of at least 4 members (excludes halogenated alkanes) is 3. The van der Waals surface area contributed by atoms with Crippen LogP contribution in [0, 0.1) is 0 Å². The molecule has 1 saturated heterocycles. The average Bonchev–Trinajstić information content (AvgIpc) is 3.05. The molecule has 2 aliphatic heterocycles. The van der Waals surface area contributed by atoms with Crippen molar-refractivity contribution < 1.29 is 52.1 Å². The minimum atomic E-state index is -4.17. The molecule has 3 rings (SSSR count). The van der Waals surface area contributed by atoms with Crippen molar-refractivity contribution in [2.45, 2.75) is 63.6 Å². The van der Waals surface area contributed by atoms with Crippen LogP contribution in [-0.4, -0.2) is 58.4 Å². The van der Waals surface area contributed by atoms with Gasteiger partial charge in [-0.05, 0) is 31.4 Å². The Balaban J connectivity index is 0.00000145. The summed E-state index contributed by atoms with van der Waals surface area (Å²) in [5.74, 6) is 1.02. The number of nitrogens with zero attached hydrogens (tertiary/aromatic N) is 1. The maximum Gasteiger partial charge on any atom is 0.389 e. The number of hydrogen-bond donors (Lipinski definition) is 3. The van der Waals surface area contributed by atoms with Crippen LogP contribution in [0.5, 0.6) is 5.75 Å². The van der Waals surface area contributed by atoms with E-state index in [1.165, 1.54) is 18.2 Å². The number of halogens is 3. The van der Waals surface area contributed by atoms with E-state index in [2.05, 4.69) is 16.2 Å². The number of carbonyl (C=O) groups excluding carboxylic acids is 5. The lowest BCUT2D eigenvalue weighted by molar-refractivity contribution is -0.247. The number of benzene rings is 1. The maximum absolute atomic E-state index is 12.9. The summed E-state index contributed by atoms with van der Waals surface area (Å²) in [5.41, 5.74) is -0.00790. The van der Waals surface area contributed by atoms with Crippen LogP contribution >= 0.6 is 0 Å². The maximum atomic E-state index is 12.9. The zero-order valence-corrected chi connectivity index (χ0v) is 19.1. The number of nitrogens with one attached hydrogen (secondary N) is 1. The van der Waals surface area contributed by atoms with Crippen LogP contribution in [0.4, 0.5) is 13.2 Å². The Hall–Kier alpha value is -3.36. The van der Waals surface area contributed by atoms with Gasteiger partial charge in [-0.25, -0.2) is 5.26 Å². The Morgan fingerprint density at radius 1 is 1.11 bits per heavy atom. The van der Waals surface area contributed by atoms with Crippen molar-refractivity contribution in [1.29, 1.82) is 0 Å². The first-order valence-corrected chi connectivity index (χ1v) is 11.1. The smallest absolute Gasteiger partial charge is 0.389 e. The first-order chi connectivity index (χ1) is 17.0. The zero-order valence-electron chi connectivity index (χ0n) is 19.1. The molecule has 0 aliphatic carbocycles. The van der Waals surface area contributed by atoms with Gasteiger partial charge in [0, 0.05) is 19.3 Å². The molecule has 1 fully saturated rings. The van der Waals surface area contributed by atoms with E-state index in [-0.39, 0.29) is 54.9 Å². The fourth-order valence-electron chi connectivity index (χ4n) is 3.84. The molecule has 0 aromatic heterocycles. The van der Waals surface area contributed by atoms with E-state index >= 15 is 0 Å². The molecule has 1 aromatic rings. The van der Waals surface area contributed by atoms with Crippen LogP contribution in [0.3, 0.4) is 0 Å². The van der Waals surface area contributed by atoms with Gasteiger partial charge in [-0.15, -0.1) is 4.99 Å². The number of piperidine rings is 1. The van der Waals surface area contributed by atoms with Crippen molar-refractivity contribution in [3.05, 3.63) is 29.3 Å². The summed E-state index contributed by atoms with van der Waals surface area (Å²) in [6, 6.07) is 3.22. The van der Waals surface area contributed by atoms with Gasteiger partial charge in [0.2, 0.25) is 11.8 Å². The molecule has 198 valence electrons. The fourth-order valence-corrected chi connectivity index (χ4v) is 3.84. The second kappa shape index (κ2) is 13.1. The van der Waals surface area contributed by atoms with E-state index in [0.29, 0.717) is 19.3 Å². The molecule has 0 radical (unpaired) electrons. The number of rotatable bonds is 10. The van der Waals surface area contributed by atoms with Gasteiger partial charge in [0.15, 0.2) is 5.78 Å². The quantitative estimate of drug-likeness (QED) is 0.183. The van der Waals surface area contributed by atoms with Gasteiger partial charge in [-0.3, -0.25) is 34.2 Å². The van der Waals surface area contributed by atoms with Gasteiger partial charge in [0.1, 0.15) is 18.4 Å². The Bertz CT molecular complexity index is 999. The number of Topliss-reactive ketones (excluding diaryl/α,β-unsaturated/α-hetero) is 1. The number of carbonyl (C=O) groups is 5. The van der Waals surface area contributed by atoms with Crippen LogP contribution in [0.2, 0.25) is 0 Å². The van der Waals surface area contributed by atoms with Gasteiger partial charge in [-0.1, -0.05) is 18.9 Å². The standard InChI is InChI=1S/C22H23F3N2O6.H3NO2/c23-22(24,25)11-4-2-1-3-6-13(28)12-33-16-8-5-7-14-18(16)21(32)27(20(14)31)15-9-10-17(29)26-19(15)30;1-3-2/h5,7-8,15H,1-4,6,9-12H2,(H,26,29,30);2H,1H2. The molecule has 36 heavy (non-hydrogen) atoms. The molecule has 0 spiro atoms. The number of imide groups is 2. The lowest BCUT2D eigenvalue weighted by atomic mass is 10.0. The van der Waals surface area contributed by atoms with Gasteiger partial charge < -0.3 is 4.74 Å². The predicted molar refractivity (Wildman–Crippen MR) is 115 cm³/mol. The molecule has 11 nitrogen and oxygen atoms in total. The molecule has 0 saturated carbocycles. The average molecular weight is 517 g/mol. The summed E-state index contributed by atoms with van der Waals surface area (Å²) in [6.45, 7) is -0.362. The SMILES string of the molecule is NOO.O=C(CCCCCCC(F)(F)F)COc1cccc2c1C(=O)N(C1CCC(=O)NC1=O)C2=O. The third-order valence-electron chi connectivity index (χ3n) is 5.48.